The van der Waals surface area contributed by atoms with Gasteiger partial charge in [-0.15, -0.1) is 0 Å². The van der Waals surface area contributed by atoms with Crippen molar-refractivity contribution in [1.82, 2.24) is 15.3 Å². The van der Waals surface area contributed by atoms with Gasteiger partial charge in [0.05, 0.1) is 0 Å². The molecule has 2 atom stereocenters. The molecule has 1 N–H and O–H groups in total. The van der Waals surface area contributed by atoms with Crippen molar-refractivity contribution in [3.63, 3.8) is 0 Å². The fraction of sp³-hybridized carbons (Fsp3) is 0.611. The Kier molecular flexibility index (Phi) is 5.69. The van der Waals surface area contributed by atoms with Gasteiger partial charge in [-0.2, -0.15) is 4.98 Å². The molecular formula is C18H23F2N3O4S. The number of sulfone groups is 1. The number of carbonyl (C=O) groups excluding carboxylic acids is 1. The van der Waals surface area contributed by atoms with Crippen molar-refractivity contribution < 1.29 is 26.7 Å². The van der Waals surface area contributed by atoms with Crippen LogP contribution in [0.25, 0.3) is 0 Å². The summed E-state index contributed by atoms with van der Waals surface area (Å²) >= 11 is 0. The monoisotopic (exact) mass is 415 g/mol. The number of amides is 1. The third kappa shape index (κ3) is 5.24. The van der Waals surface area contributed by atoms with Crippen LogP contribution in [0.2, 0.25) is 0 Å². The first-order valence-electron chi connectivity index (χ1n) is 9.16. The zero-order valence-electron chi connectivity index (χ0n) is 15.7. The molecule has 154 valence electrons. The lowest BCUT2D eigenvalue weighted by Crippen LogP contribution is -2.35. The van der Waals surface area contributed by atoms with E-state index in [4.69, 9.17) is 4.74 Å². The second-order valence-corrected chi connectivity index (χ2v) is 9.33. The molecule has 2 aliphatic rings. The maximum Gasteiger partial charge on any atom is 0.284 e. The number of ether oxygens (including phenoxy) is 1. The van der Waals surface area contributed by atoms with E-state index in [-0.39, 0.29) is 30.2 Å². The normalized spacial score (nSPS) is 22.9. The van der Waals surface area contributed by atoms with Gasteiger partial charge in [0.25, 0.3) is 11.8 Å². The zero-order chi connectivity index (χ0) is 20.5. The van der Waals surface area contributed by atoms with Crippen LogP contribution >= 0.6 is 0 Å². The van der Waals surface area contributed by atoms with Gasteiger partial charge < -0.3 is 10.1 Å². The summed E-state index contributed by atoms with van der Waals surface area (Å²) in [6.07, 6.45) is 4.41. The summed E-state index contributed by atoms with van der Waals surface area (Å²) in [6.45, 7) is 1.59. The van der Waals surface area contributed by atoms with Gasteiger partial charge in [0.15, 0.2) is 15.9 Å². The second-order valence-electron chi connectivity index (χ2n) is 7.40. The Morgan fingerprint density at radius 3 is 2.68 bits per heavy atom. The van der Waals surface area contributed by atoms with E-state index in [1.807, 2.05) is 0 Å². The number of aromatic nitrogens is 2. The zero-order valence-corrected chi connectivity index (χ0v) is 16.5. The molecule has 1 aromatic rings. The molecule has 0 spiro atoms. The smallest absolute Gasteiger partial charge is 0.284 e. The summed E-state index contributed by atoms with van der Waals surface area (Å²) < 4.78 is 55.8. The van der Waals surface area contributed by atoms with Crippen LogP contribution in [-0.4, -0.2) is 48.6 Å². The molecule has 0 bridgehead atoms. The average molecular weight is 415 g/mol. The molecule has 0 aliphatic heterocycles. The first kappa shape index (κ1) is 20.6. The van der Waals surface area contributed by atoms with Crippen LogP contribution in [0.3, 0.4) is 0 Å². The quantitative estimate of drug-likeness (QED) is 0.735. The second kappa shape index (κ2) is 7.73. The Labute approximate surface area is 162 Å². The molecule has 3 rings (SSSR count). The average Bonchev–Trinajstić information content (AvgIpc) is 3.38. The minimum atomic E-state index is -3.33. The van der Waals surface area contributed by atoms with Gasteiger partial charge in [-0.3, -0.25) is 4.79 Å². The van der Waals surface area contributed by atoms with Crippen molar-refractivity contribution in [2.24, 2.45) is 0 Å². The number of halogens is 2. The highest BCUT2D eigenvalue weighted by Crippen LogP contribution is 2.40. The predicted molar refractivity (Wildman–Crippen MR) is 98.1 cm³/mol. The minimum Gasteiger partial charge on any atom is -0.467 e. The summed E-state index contributed by atoms with van der Waals surface area (Å²) in [7, 11) is -3.33. The maximum atomic E-state index is 14.0. The molecular weight excluding hydrogens is 392 g/mol. The Bertz CT molecular complexity index is 885. The van der Waals surface area contributed by atoms with Crippen molar-refractivity contribution in [2.75, 3.05) is 6.26 Å². The molecule has 2 aliphatic carbocycles. The van der Waals surface area contributed by atoms with Gasteiger partial charge in [-0.25, -0.2) is 22.2 Å². The van der Waals surface area contributed by atoms with Crippen molar-refractivity contribution in [3.8, 4) is 5.88 Å². The fourth-order valence-electron chi connectivity index (χ4n) is 2.93. The first-order valence-corrected chi connectivity index (χ1v) is 11.1. The maximum absolute atomic E-state index is 14.0. The largest absolute Gasteiger partial charge is 0.467 e. The number of hydrogen-bond acceptors (Lipinski definition) is 6. The van der Waals surface area contributed by atoms with Crippen LogP contribution in [-0.2, 0) is 9.84 Å². The Morgan fingerprint density at radius 2 is 2.11 bits per heavy atom. The van der Waals surface area contributed by atoms with Crippen LogP contribution in [0.15, 0.2) is 17.7 Å². The van der Waals surface area contributed by atoms with E-state index >= 15 is 0 Å². The van der Waals surface area contributed by atoms with E-state index in [0.29, 0.717) is 12.2 Å². The summed E-state index contributed by atoms with van der Waals surface area (Å²) in [5, 5.41) is 3.57. The third-order valence-corrected chi connectivity index (χ3v) is 5.29. The molecule has 1 aromatic heterocycles. The van der Waals surface area contributed by atoms with E-state index in [1.54, 1.807) is 6.92 Å². The molecule has 28 heavy (non-hydrogen) atoms. The van der Waals surface area contributed by atoms with Gasteiger partial charge in [-0.05, 0) is 32.6 Å². The summed E-state index contributed by atoms with van der Waals surface area (Å²) in [6, 6.07) is -0.605. The van der Waals surface area contributed by atoms with Gasteiger partial charge in [0.2, 0.25) is 5.88 Å². The van der Waals surface area contributed by atoms with E-state index in [2.05, 4.69) is 15.3 Å². The van der Waals surface area contributed by atoms with Gasteiger partial charge >= 0.3 is 0 Å². The van der Waals surface area contributed by atoms with Crippen molar-refractivity contribution in [3.05, 3.63) is 29.1 Å². The molecule has 0 radical (unpaired) electrons. The molecule has 7 nitrogen and oxygen atoms in total. The van der Waals surface area contributed by atoms with E-state index < -0.39 is 33.8 Å². The molecule has 0 aromatic carbocycles. The van der Waals surface area contributed by atoms with E-state index in [1.165, 1.54) is 12.3 Å². The molecule has 0 unspecified atom stereocenters. The number of hydrogen-bond donors (Lipinski definition) is 1. The molecule has 10 heteroatoms. The first-order chi connectivity index (χ1) is 13.0. The molecule has 1 heterocycles. The lowest BCUT2D eigenvalue weighted by atomic mass is 10.2. The summed E-state index contributed by atoms with van der Waals surface area (Å²) in [5.41, 5.74) is -0.0493. The Hall–Kier alpha value is -2.10. The van der Waals surface area contributed by atoms with Gasteiger partial charge in [0.1, 0.15) is 11.4 Å². The number of alkyl halides is 2. The highest BCUT2D eigenvalue weighted by molar-refractivity contribution is 7.93. The van der Waals surface area contributed by atoms with Crippen LogP contribution in [0.1, 0.15) is 61.1 Å². The van der Waals surface area contributed by atoms with Crippen molar-refractivity contribution >= 4 is 15.7 Å². The van der Waals surface area contributed by atoms with E-state index in [9.17, 15) is 22.0 Å². The molecule has 0 saturated heterocycles. The fourth-order valence-corrected chi connectivity index (χ4v) is 3.45. The summed E-state index contributed by atoms with van der Waals surface area (Å²) in [4.78, 5) is 21.0. The summed E-state index contributed by atoms with van der Waals surface area (Å²) in [5.74, 6) is -3.09. The predicted octanol–water partition coefficient (Wildman–Crippen LogP) is 2.60. The molecule has 2 saturated carbocycles. The third-order valence-electron chi connectivity index (χ3n) is 4.63. The lowest BCUT2D eigenvalue weighted by Gasteiger charge is -2.21. The van der Waals surface area contributed by atoms with Crippen LogP contribution in [0.5, 0.6) is 5.88 Å². The number of nitrogens with one attached hydrogen (secondary N) is 1. The van der Waals surface area contributed by atoms with E-state index in [0.717, 1.165) is 24.5 Å². The highest BCUT2D eigenvalue weighted by Gasteiger charge is 2.46. The highest BCUT2D eigenvalue weighted by atomic mass is 32.2. The minimum absolute atomic E-state index is 0.0493. The Morgan fingerprint density at radius 1 is 1.39 bits per heavy atom. The molecule has 1 amide bonds. The van der Waals surface area contributed by atoms with Gasteiger partial charge in [-0.1, -0.05) is 6.08 Å². The van der Waals surface area contributed by atoms with Crippen LogP contribution < -0.4 is 10.1 Å². The Balaban J connectivity index is 1.81. The standard InChI is InChI=1S/C18H23F2N3O4S/c1-11(7-9-28(2,25)26)22-16(24)13-10-21-15(12-5-6-12)23-17(13)27-14-4-3-8-18(14,19)20/h7,9-12,14H,3-6,8H2,1-2H3,(H,22,24)/b9-7+/t11-,14+/m0/s1. The lowest BCUT2D eigenvalue weighted by molar-refractivity contribution is -0.0753. The number of carbonyl (C=O) groups is 1. The number of nitrogens with zero attached hydrogens (tertiary/aromatic N) is 2. The van der Waals surface area contributed by atoms with Gasteiger partial charge in [0, 0.05) is 36.2 Å². The van der Waals surface area contributed by atoms with Crippen molar-refractivity contribution in [2.45, 2.75) is 63.0 Å². The SMILES string of the molecule is C[C@@H](/C=C/S(C)(=O)=O)NC(=O)c1cnc(C2CC2)nc1O[C@@H]1CCCC1(F)F. The van der Waals surface area contributed by atoms with Crippen molar-refractivity contribution in [1.29, 1.82) is 0 Å². The topological polar surface area (TPSA) is 98.2 Å². The number of rotatable bonds is 7. The van der Waals surface area contributed by atoms with Crippen LogP contribution in [0.4, 0.5) is 8.78 Å². The van der Waals surface area contributed by atoms with Crippen LogP contribution in [0, 0.1) is 0 Å². The molecule has 2 fully saturated rings.